The van der Waals surface area contributed by atoms with E-state index in [4.69, 9.17) is 0 Å². The van der Waals surface area contributed by atoms with Crippen LogP contribution in [0.3, 0.4) is 0 Å². The second-order valence-electron chi connectivity index (χ2n) is 6.29. The Labute approximate surface area is 145 Å². The van der Waals surface area contributed by atoms with E-state index in [0.717, 1.165) is 29.1 Å². The monoisotopic (exact) mass is 333 g/mol. The molecule has 0 saturated carbocycles. The van der Waals surface area contributed by atoms with Gasteiger partial charge in [-0.25, -0.2) is 4.68 Å². The van der Waals surface area contributed by atoms with Crippen molar-refractivity contribution in [2.75, 3.05) is 13.1 Å². The van der Waals surface area contributed by atoms with Crippen LogP contribution in [0, 0.1) is 5.92 Å². The average molecular weight is 333 g/mol. The maximum atomic E-state index is 10.7. The van der Waals surface area contributed by atoms with Gasteiger partial charge in [0.1, 0.15) is 5.69 Å². The van der Waals surface area contributed by atoms with Crippen LogP contribution in [0.15, 0.2) is 60.8 Å². The summed E-state index contributed by atoms with van der Waals surface area (Å²) in [5, 5.41) is 19.2. The molecule has 1 saturated heterocycles. The summed E-state index contributed by atoms with van der Waals surface area (Å²) in [6.07, 6.45) is 1.91. The smallest absolute Gasteiger partial charge is 0.113 e. The summed E-state index contributed by atoms with van der Waals surface area (Å²) in [4.78, 5) is 12.8. The largest absolute Gasteiger partial charge is 0.550 e. The van der Waals surface area contributed by atoms with Crippen LogP contribution in [0.4, 0.5) is 0 Å². The molecule has 0 atom stereocenters. The van der Waals surface area contributed by atoms with E-state index < -0.39 is 5.97 Å². The Hall–Kier alpha value is -2.99. The lowest BCUT2D eigenvalue weighted by atomic mass is 9.99. The molecule has 4 rings (SSSR count). The molecular weight excluding hydrogens is 316 g/mol. The number of rotatable bonds is 5. The van der Waals surface area contributed by atoms with Gasteiger partial charge in [-0.1, -0.05) is 47.7 Å². The summed E-state index contributed by atoms with van der Waals surface area (Å²) in [7, 11) is 0. The molecule has 0 radical (unpaired) electrons. The fourth-order valence-corrected chi connectivity index (χ4v) is 2.99. The van der Waals surface area contributed by atoms with Gasteiger partial charge < -0.3 is 9.90 Å². The number of aliphatic carboxylic acids is 1. The van der Waals surface area contributed by atoms with Gasteiger partial charge in [0.25, 0.3) is 0 Å². The first-order chi connectivity index (χ1) is 12.2. The molecule has 0 amide bonds. The topological polar surface area (TPSA) is 74.1 Å². The van der Waals surface area contributed by atoms with Crippen molar-refractivity contribution in [3.8, 4) is 16.9 Å². The standard InChI is InChI=1S/C19H18N4O2/c24-19(25)16-11-22(12-16)10-14-6-8-17(9-7-14)23-13-18(20-21-23)15-4-2-1-3-5-15/h1-9,13,16H,10-12H2,(H,24,25)/p-1. The number of likely N-dealkylation sites (tertiary alicyclic amines) is 1. The Morgan fingerprint density at radius 2 is 1.80 bits per heavy atom. The van der Waals surface area contributed by atoms with Crippen LogP contribution in [0.2, 0.25) is 0 Å². The van der Waals surface area contributed by atoms with E-state index in [9.17, 15) is 9.90 Å². The van der Waals surface area contributed by atoms with Gasteiger partial charge in [-0.3, -0.25) is 4.90 Å². The molecule has 2 heterocycles. The zero-order valence-electron chi connectivity index (χ0n) is 13.6. The third-order valence-electron chi connectivity index (χ3n) is 4.46. The van der Waals surface area contributed by atoms with Gasteiger partial charge in [-0.15, -0.1) is 5.10 Å². The molecule has 1 fully saturated rings. The Kier molecular flexibility index (Phi) is 4.03. The van der Waals surface area contributed by atoms with Crippen molar-refractivity contribution in [2.24, 2.45) is 5.92 Å². The molecule has 2 aromatic carbocycles. The summed E-state index contributed by atoms with van der Waals surface area (Å²) in [5.41, 5.74) is 3.95. The highest BCUT2D eigenvalue weighted by Crippen LogP contribution is 2.20. The Balaban J connectivity index is 1.43. The van der Waals surface area contributed by atoms with Crippen LogP contribution in [0.1, 0.15) is 5.56 Å². The van der Waals surface area contributed by atoms with Gasteiger partial charge in [0.2, 0.25) is 0 Å². The van der Waals surface area contributed by atoms with Crippen LogP contribution < -0.4 is 5.11 Å². The first kappa shape index (κ1) is 15.5. The van der Waals surface area contributed by atoms with Crippen LogP contribution >= 0.6 is 0 Å². The van der Waals surface area contributed by atoms with Crippen LogP contribution in [-0.4, -0.2) is 39.0 Å². The van der Waals surface area contributed by atoms with Gasteiger partial charge in [-0.05, 0) is 17.7 Å². The average Bonchev–Trinajstić information content (AvgIpc) is 3.09. The summed E-state index contributed by atoms with van der Waals surface area (Å²) in [5.74, 6) is -1.28. The van der Waals surface area contributed by atoms with Crippen LogP contribution in [0.5, 0.6) is 0 Å². The summed E-state index contributed by atoms with van der Waals surface area (Å²) < 4.78 is 1.75. The first-order valence-corrected chi connectivity index (χ1v) is 8.19. The Bertz CT molecular complexity index is 868. The van der Waals surface area contributed by atoms with Gasteiger partial charge in [0.15, 0.2) is 0 Å². The number of benzene rings is 2. The summed E-state index contributed by atoms with van der Waals surface area (Å²) in [6, 6.07) is 18.0. The SMILES string of the molecule is O=C([O-])C1CN(Cc2ccc(-n3cc(-c4ccccc4)nn3)cc2)C1. The maximum absolute atomic E-state index is 10.7. The fourth-order valence-electron chi connectivity index (χ4n) is 2.99. The van der Waals surface area contributed by atoms with Crippen molar-refractivity contribution in [1.29, 1.82) is 0 Å². The predicted octanol–water partition coefficient (Wildman–Crippen LogP) is 1.12. The third-order valence-corrected chi connectivity index (χ3v) is 4.46. The number of aromatic nitrogens is 3. The van der Waals surface area contributed by atoms with Gasteiger partial charge >= 0.3 is 0 Å². The molecule has 126 valence electrons. The minimum atomic E-state index is -0.952. The zero-order valence-corrected chi connectivity index (χ0v) is 13.6. The number of nitrogens with zero attached hydrogens (tertiary/aromatic N) is 4. The van der Waals surface area contributed by atoms with Crippen LogP contribution in [0.25, 0.3) is 16.9 Å². The second-order valence-corrected chi connectivity index (χ2v) is 6.29. The van der Waals surface area contributed by atoms with E-state index in [1.807, 2.05) is 60.8 Å². The molecule has 0 aliphatic carbocycles. The molecule has 0 spiro atoms. The molecular formula is C19H17N4O2-. The van der Waals surface area contributed by atoms with Crippen molar-refractivity contribution < 1.29 is 9.90 Å². The maximum Gasteiger partial charge on any atom is 0.113 e. The highest BCUT2D eigenvalue weighted by molar-refractivity contribution is 5.69. The molecule has 6 nitrogen and oxygen atoms in total. The lowest BCUT2D eigenvalue weighted by Gasteiger charge is -2.39. The van der Waals surface area contributed by atoms with E-state index >= 15 is 0 Å². The summed E-state index contributed by atoms with van der Waals surface area (Å²) in [6.45, 7) is 1.87. The van der Waals surface area contributed by atoms with Crippen molar-refractivity contribution in [3.05, 3.63) is 66.4 Å². The molecule has 6 heteroatoms. The highest BCUT2D eigenvalue weighted by Gasteiger charge is 2.27. The van der Waals surface area contributed by atoms with Gasteiger partial charge in [0.05, 0.1) is 11.9 Å². The van der Waals surface area contributed by atoms with E-state index in [0.29, 0.717) is 13.1 Å². The normalized spacial score (nSPS) is 15.0. The van der Waals surface area contributed by atoms with Gasteiger partial charge in [0, 0.05) is 37.1 Å². The molecule has 0 N–H and O–H groups in total. The Morgan fingerprint density at radius 3 is 2.48 bits per heavy atom. The number of carboxylic acids is 1. The van der Waals surface area contributed by atoms with Crippen molar-refractivity contribution in [1.82, 2.24) is 19.9 Å². The third kappa shape index (κ3) is 3.29. The molecule has 25 heavy (non-hydrogen) atoms. The van der Waals surface area contributed by atoms with Crippen molar-refractivity contribution >= 4 is 5.97 Å². The number of carbonyl (C=O) groups excluding carboxylic acids is 1. The van der Waals surface area contributed by atoms with Gasteiger partial charge in [-0.2, -0.15) is 0 Å². The van der Waals surface area contributed by atoms with E-state index in [1.165, 1.54) is 0 Å². The molecule has 0 unspecified atom stereocenters. The van der Waals surface area contributed by atoms with Crippen molar-refractivity contribution in [3.63, 3.8) is 0 Å². The van der Waals surface area contributed by atoms with Crippen LogP contribution in [-0.2, 0) is 11.3 Å². The number of hydrogen-bond donors (Lipinski definition) is 0. The quantitative estimate of drug-likeness (QED) is 0.699. The molecule has 1 aromatic heterocycles. The van der Waals surface area contributed by atoms with E-state index in [2.05, 4.69) is 15.2 Å². The van der Waals surface area contributed by atoms with E-state index in [-0.39, 0.29) is 5.92 Å². The molecule has 3 aromatic rings. The lowest BCUT2D eigenvalue weighted by molar-refractivity contribution is -0.315. The second kappa shape index (κ2) is 6.49. The number of carboxylic acid groups (broad SMARTS) is 1. The van der Waals surface area contributed by atoms with E-state index in [1.54, 1.807) is 4.68 Å². The number of carbonyl (C=O) groups is 1. The summed E-state index contributed by atoms with van der Waals surface area (Å²) >= 11 is 0. The zero-order chi connectivity index (χ0) is 17.2. The highest BCUT2D eigenvalue weighted by atomic mass is 16.4. The molecule has 0 bridgehead atoms. The minimum absolute atomic E-state index is 0.328. The predicted molar refractivity (Wildman–Crippen MR) is 90.6 cm³/mol. The lowest BCUT2D eigenvalue weighted by Crippen LogP contribution is -2.53. The van der Waals surface area contributed by atoms with Crippen molar-refractivity contribution in [2.45, 2.75) is 6.54 Å². The number of hydrogen-bond acceptors (Lipinski definition) is 5. The molecule has 1 aliphatic rings. The Morgan fingerprint density at radius 1 is 1.08 bits per heavy atom. The molecule has 1 aliphatic heterocycles. The fraction of sp³-hybridized carbons (Fsp3) is 0.211. The minimum Gasteiger partial charge on any atom is -0.550 e. The first-order valence-electron chi connectivity index (χ1n) is 8.19.